The van der Waals surface area contributed by atoms with E-state index < -0.39 is 15.9 Å². The Bertz CT molecular complexity index is 1480. The highest BCUT2D eigenvalue weighted by Crippen LogP contribution is 2.33. The molecule has 1 aliphatic heterocycles. The van der Waals surface area contributed by atoms with Crippen molar-refractivity contribution in [3.63, 3.8) is 0 Å². The van der Waals surface area contributed by atoms with Crippen molar-refractivity contribution in [3.05, 3.63) is 54.1 Å². The summed E-state index contributed by atoms with van der Waals surface area (Å²) in [6.45, 7) is 2.42. The van der Waals surface area contributed by atoms with Gasteiger partial charge in [0.2, 0.25) is 10.0 Å². The summed E-state index contributed by atoms with van der Waals surface area (Å²) in [5.41, 5.74) is 0.798. The number of hydrogen-bond acceptors (Lipinski definition) is 8. The van der Waals surface area contributed by atoms with Crippen LogP contribution in [0.3, 0.4) is 0 Å². The Morgan fingerprint density at radius 1 is 1.11 bits per heavy atom. The van der Waals surface area contributed by atoms with Gasteiger partial charge in [-0.25, -0.2) is 8.42 Å². The zero-order valence-electron chi connectivity index (χ0n) is 19.2. The van der Waals surface area contributed by atoms with E-state index in [1.807, 2.05) is 19.1 Å². The van der Waals surface area contributed by atoms with Gasteiger partial charge in [0.15, 0.2) is 17.1 Å². The number of para-hydroxylation sites is 1. The van der Waals surface area contributed by atoms with Gasteiger partial charge >= 0.3 is 6.01 Å². The number of ether oxygens (including phenoxy) is 1. The van der Waals surface area contributed by atoms with E-state index in [-0.39, 0.29) is 28.4 Å². The van der Waals surface area contributed by atoms with E-state index in [0.29, 0.717) is 23.6 Å². The molecule has 1 saturated heterocycles. The van der Waals surface area contributed by atoms with E-state index in [1.54, 1.807) is 19.2 Å². The fraction of sp³-hybridized carbons (Fsp3) is 0.292. The molecule has 2 aromatic carbocycles. The molecule has 2 aromatic heterocycles. The number of rotatable bonds is 6. The van der Waals surface area contributed by atoms with Gasteiger partial charge in [0.1, 0.15) is 0 Å². The summed E-state index contributed by atoms with van der Waals surface area (Å²) in [5, 5.41) is 11.1. The zero-order valence-corrected chi connectivity index (χ0v) is 20.0. The maximum atomic E-state index is 13.0. The average molecular weight is 497 g/mol. The van der Waals surface area contributed by atoms with Gasteiger partial charge in [0.05, 0.1) is 12.0 Å². The number of nitrogens with zero attached hydrogens (tertiary/aromatic N) is 3. The molecular formula is C24H24N4O6S. The lowest BCUT2D eigenvalue weighted by molar-refractivity contribution is 0.102. The van der Waals surface area contributed by atoms with Crippen LogP contribution in [0.2, 0.25) is 0 Å². The van der Waals surface area contributed by atoms with Gasteiger partial charge in [0.25, 0.3) is 11.8 Å². The standard InChI is InChI=1S/C24H24N4O6S/c1-15-6-3-4-13-28(15)35(30,31)18-11-9-16(10-12-18)22(29)25-24-27-26-23(34-24)20-14-17-7-5-8-19(32-2)21(17)33-20/h5,7-12,14-15H,3-4,6,13H2,1-2H3,(H,25,27,29). The van der Waals surface area contributed by atoms with Crippen LogP contribution in [-0.2, 0) is 10.0 Å². The summed E-state index contributed by atoms with van der Waals surface area (Å²) in [5.74, 6) is 0.485. The molecule has 1 atom stereocenters. The molecule has 11 heteroatoms. The molecule has 1 N–H and O–H groups in total. The summed E-state index contributed by atoms with van der Waals surface area (Å²) < 4.78 is 44.1. The fourth-order valence-corrected chi connectivity index (χ4v) is 5.89. The van der Waals surface area contributed by atoms with Gasteiger partial charge in [-0.1, -0.05) is 23.7 Å². The molecule has 0 spiro atoms. The van der Waals surface area contributed by atoms with Crippen LogP contribution in [0.4, 0.5) is 6.01 Å². The summed E-state index contributed by atoms with van der Waals surface area (Å²) in [6.07, 6.45) is 2.71. The zero-order chi connectivity index (χ0) is 24.6. The van der Waals surface area contributed by atoms with E-state index in [0.717, 1.165) is 24.6 Å². The van der Waals surface area contributed by atoms with Gasteiger partial charge in [-0.05, 0) is 56.2 Å². The summed E-state index contributed by atoms with van der Waals surface area (Å²) in [7, 11) is -2.07. The third kappa shape index (κ3) is 4.40. The van der Waals surface area contributed by atoms with E-state index in [2.05, 4.69) is 15.5 Å². The predicted molar refractivity (Wildman–Crippen MR) is 128 cm³/mol. The topological polar surface area (TPSA) is 128 Å². The minimum atomic E-state index is -3.61. The van der Waals surface area contributed by atoms with Crippen molar-refractivity contribution < 1.29 is 26.8 Å². The van der Waals surface area contributed by atoms with Gasteiger partial charge < -0.3 is 13.6 Å². The number of fused-ring (bicyclic) bond motifs is 1. The van der Waals surface area contributed by atoms with Gasteiger partial charge in [-0.3, -0.25) is 10.1 Å². The van der Waals surface area contributed by atoms with E-state index in [4.69, 9.17) is 13.6 Å². The molecule has 3 heterocycles. The number of carbonyl (C=O) groups is 1. The number of sulfonamides is 1. The molecule has 4 aromatic rings. The summed E-state index contributed by atoms with van der Waals surface area (Å²) in [6, 6.07) is 12.8. The second-order valence-corrected chi connectivity index (χ2v) is 10.2. The largest absolute Gasteiger partial charge is 0.493 e. The molecule has 1 aliphatic rings. The minimum Gasteiger partial charge on any atom is -0.493 e. The van der Waals surface area contributed by atoms with Crippen molar-refractivity contribution in [1.82, 2.24) is 14.5 Å². The maximum Gasteiger partial charge on any atom is 0.322 e. The summed E-state index contributed by atoms with van der Waals surface area (Å²) >= 11 is 0. The molecule has 182 valence electrons. The number of furan rings is 1. The van der Waals surface area contributed by atoms with Crippen LogP contribution in [0.5, 0.6) is 5.75 Å². The molecule has 1 amide bonds. The number of methoxy groups -OCH3 is 1. The first-order chi connectivity index (χ1) is 16.9. The number of aromatic nitrogens is 2. The predicted octanol–water partition coefficient (Wildman–Crippen LogP) is 4.31. The Morgan fingerprint density at radius 2 is 1.91 bits per heavy atom. The van der Waals surface area contributed by atoms with Gasteiger partial charge in [-0.2, -0.15) is 4.31 Å². The highest BCUT2D eigenvalue weighted by molar-refractivity contribution is 7.89. The van der Waals surface area contributed by atoms with Gasteiger partial charge in [-0.15, -0.1) is 5.10 Å². The molecule has 0 bridgehead atoms. The second-order valence-electron chi connectivity index (χ2n) is 8.34. The third-order valence-corrected chi connectivity index (χ3v) is 8.08. The normalized spacial score (nSPS) is 16.9. The van der Waals surface area contributed by atoms with Crippen molar-refractivity contribution in [2.24, 2.45) is 0 Å². The van der Waals surface area contributed by atoms with Crippen molar-refractivity contribution in [1.29, 1.82) is 0 Å². The lowest BCUT2D eigenvalue weighted by atomic mass is 10.1. The Morgan fingerprint density at radius 3 is 2.66 bits per heavy atom. The van der Waals surface area contributed by atoms with E-state index in [9.17, 15) is 13.2 Å². The summed E-state index contributed by atoms with van der Waals surface area (Å²) in [4.78, 5) is 12.8. The number of carbonyl (C=O) groups excluding carboxylic acids is 1. The molecule has 0 aliphatic carbocycles. The number of amides is 1. The third-order valence-electron chi connectivity index (χ3n) is 6.05. The molecule has 0 saturated carbocycles. The smallest absolute Gasteiger partial charge is 0.322 e. The Balaban J connectivity index is 1.30. The number of nitrogens with one attached hydrogen (secondary N) is 1. The quantitative estimate of drug-likeness (QED) is 0.418. The Kier molecular flexibility index (Phi) is 6.03. The highest BCUT2D eigenvalue weighted by Gasteiger charge is 2.31. The lowest BCUT2D eigenvalue weighted by Gasteiger charge is -2.32. The first kappa shape index (κ1) is 23.1. The SMILES string of the molecule is COc1cccc2cc(-c3nnc(NC(=O)c4ccc(S(=O)(=O)N5CCCCC5C)cc4)o3)oc12. The fourth-order valence-electron chi connectivity index (χ4n) is 4.19. The van der Waals surface area contributed by atoms with Crippen molar-refractivity contribution >= 4 is 32.9 Å². The number of hydrogen-bond donors (Lipinski definition) is 1. The first-order valence-corrected chi connectivity index (χ1v) is 12.6. The first-order valence-electron chi connectivity index (χ1n) is 11.2. The van der Waals surface area contributed by atoms with Crippen LogP contribution < -0.4 is 10.1 Å². The molecular weight excluding hydrogens is 472 g/mol. The molecule has 10 nitrogen and oxygen atoms in total. The van der Waals surface area contributed by atoms with E-state index in [1.165, 1.54) is 28.6 Å². The monoisotopic (exact) mass is 496 g/mol. The van der Waals surface area contributed by atoms with Crippen LogP contribution in [0.25, 0.3) is 22.6 Å². The molecule has 0 radical (unpaired) electrons. The molecule has 1 unspecified atom stereocenters. The van der Waals surface area contributed by atoms with Crippen LogP contribution in [0.1, 0.15) is 36.5 Å². The Labute approximate surface area is 201 Å². The van der Waals surface area contributed by atoms with Crippen LogP contribution >= 0.6 is 0 Å². The second kappa shape index (κ2) is 9.16. The highest BCUT2D eigenvalue weighted by atomic mass is 32.2. The van der Waals surface area contributed by atoms with Crippen molar-refractivity contribution in [3.8, 4) is 17.4 Å². The van der Waals surface area contributed by atoms with Crippen molar-refractivity contribution in [2.75, 3.05) is 19.0 Å². The van der Waals surface area contributed by atoms with Crippen LogP contribution in [0, 0.1) is 0 Å². The van der Waals surface area contributed by atoms with Crippen LogP contribution in [0.15, 0.2) is 62.3 Å². The molecule has 5 rings (SSSR count). The van der Waals surface area contributed by atoms with E-state index >= 15 is 0 Å². The average Bonchev–Trinajstić information content (AvgIpc) is 3.51. The molecule has 35 heavy (non-hydrogen) atoms. The molecule has 1 fully saturated rings. The number of anilines is 1. The van der Waals surface area contributed by atoms with Crippen molar-refractivity contribution in [2.45, 2.75) is 37.1 Å². The maximum absolute atomic E-state index is 13.0. The van der Waals surface area contributed by atoms with Crippen LogP contribution in [-0.4, -0.2) is 48.5 Å². The van der Waals surface area contributed by atoms with Gasteiger partial charge in [0, 0.05) is 23.5 Å². The minimum absolute atomic E-state index is 0.0451. The number of piperidine rings is 1. The lowest BCUT2D eigenvalue weighted by Crippen LogP contribution is -2.41. The Hall–Kier alpha value is -3.70. The number of benzene rings is 2.